The van der Waals surface area contributed by atoms with E-state index in [4.69, 9.17) is 0 Å². The third kappa shape index (κ3) is 1.89. The molecule has 2 nitrogen and oxygen atoms in total. The van der Waals surface area contributed by atoms with Gasteiger partial charge >= 0.3 is 0 Å². The Morgan fingerprint density at radius 1 is 1.62 bits per heavy atom. The molecule has 1 saturated heterocycles. The number of thiazole rings is 1. The number of aryl methyl sites for hydroxylation is 1. The Morgan fingerprint density at radius 2 is 2.38 bits per heavy atom. The molecule has 0 saturated carbocycles. The van der Waals surface area contributed by atoms with Crippen LogP contribution in [-0.2, 0) is 0 Å². The average Bonchev–Trinajstić information content (AvgIpc) is 2.61. The predicted molar refractivity (Wildman–Crippen MR) is 60.9 cm³/mol. The number of nitrogens with zero attached hydrogens (tertiary/aromatic N) is 2. The quantitative estimate of drug-likeness (QED) is 0.722. The van der Waals surface area contributed by atoms with Crippen molar-refractivity contribution in [3.05, 3.63) is 11.1 Å². The summed E-state index contributed by atoms with van der Waals surface area (Å²) in [7, 11) is 0. The summed E-state index contributed by atoms with van der Waals surface area (Å²) in [5, 5.41) is 3.29. The SMILES string of the molecule is Cc1csc(N2CC(C)C(Br)C2)n1. The average molecular weight is 261 g/mol. The van der Waals surface area contributed by atoms with Crippen LogP contribution < -0.4 is 4.90 Å². The van der Waals surface area contributed by atoms with Gasteiger partial charge in [-0.15, -0.1) is 11.3 Å². The summed E-state index contributed by atoms with van der Waals surface area (Å²) in [5.74, 6) is 0.726. The Bertz CT molecular complexity index is 290. The van der Waals surface area contributed by atoms with E-state index in [9.17, 15) is 0 Å². The number of hydrogen-bond acceptors (Lipinski definition) is 3. The normalized spacial score (nSPS) is 28.4. The first kappa shape index (κ1) is 9.46. The molecule has 0 bridgehead atoms. The van der Waals surface area contributed by atoms with Crippen LogP contribution in [0.5, 0.6) is 0 Å². The van der Waals surface area contributed by atoms with E-state index in [1.54, 1.807) is 11.3 Å². The fraction of sp³-hybridized carbons (Fsp3) is 0.667. The van der Waals surface area contributed by atoms with E-state index < -0.39 is 0 Å². The van der Waals surface area contributed by atoms with Crippen LogP contribution >= 0.6 is 27.3 Å². The van der Waals surface area contributed by atoms with Gasteiger partial charge in [-0.1, -0.05) is 22.9 Å². The highest BCUT2D eigenvalue weighted by molar-refractivity contribution is 9.09. The van der Waals surface area contributed by atoms with Gasteiger partial charge in [0.2, 0.25) is 0 Å². The van der Waals surface area contributed by atoms with Crippen molar-refractivity contribution in [3.8, 4) is 0 Å². The monoisotopic (exact) mass is 260 g/mol. The number of aromatic nitrogens is 1. The van der Waals surface area contributed by atoms with Crippen LogP contribution in [-0.4, -0.2) is 22.9 Å². The molecule has 1 aliphatic rings. The van der Waals surface area contributed by atoms with Crippen LogP contribution in [0.3, 0.4) is 0 Å². The molecule has 2 atom stereocenters. The second kappa shape index (κ2) is 3.58. The zero-order valence-corrected chi connectivity index (χ0v) is 10.2. The third-order valence-corrected chi connectivity index (χ3v) is 4.61. The van der Waals surface area contributed by atoms with Crippen molar-refractivity contribution in [2.45, 2.75) is 18.7 Å². The van der Waals surface area contributed by atoms with E-state index >= 15 is 0 Å². The van der Waals surface area contributed by atoms with E-state index in [1.807, 2.05) is 6.92 Å². The Kier molecular flexibility index (Phi) is 2.60. The largest absolute Gasteiger partial charge is 0.347 e. The van der Waals surface area contributed by atoms with Crippen LogP contribution in [0.15, 0.2) is 5.38 Å². The Balaban J connectivity index is 2.11. The lowest BCUT2D eigenvalue weighted by Crippen LogP contribution is -2.19. The van der Waals surface area contributed by atoms with E-state index in [-0.39, 0.29) is 0 Å². The molecule has 1 aromatic rings. The van der Waals surface area contributed by atoms with Gasteiger partial charge in [0.15, 0.2) is 5.13 Å². The maximum Gasteiger partial charge on any atom is 0.185 e. The molecule has 4 heteroatoms. The number of anilines is 1. The van der Waals surface area contributed by atoms with E-state index in [1.165, 1.54) is 5.13 Å². The van der Waals surface area contributed by atoms with E-state index in [0.29, 0.717) is 4.83 Å². The molecule has 13 heavy (non-hydrogen) atoms. The number of rotatable bonds is 1. The summed E-state index contributed by atoms with van der Waals surface area (Å²) in [6, 6.07) is 0. The molecule has 1 aromatic heterocycles. The zero-order valence-electron chi connectivity index (χ0n) is 7.83. The van der Waals surface area contributed by atoms with Crippen LogP contribution in [0.1, 0.15) is 12.6 Å². The first-order valence-corrected chi connectivity index (χ1v) is 6.27. The number of halogens is 1. The Morgan fingerprint density at radius 3 is 2.85 bits per heavy atom. The van der Waals surface area contributed by atoms with Gasteiger partial charge < -0.3 is 4.90 Å². The molecule has 2 unspecified atom stereocenters. The first-order valence-electron chi connectivity index (χ1n) is 4.48. The Hall–Kier alpha value is -0.0900. The molecule has 2 heterocycles. The summed E-state index contributed by atoms with van der Waals surface area (Å²) >= 11 is 5.43. The fourth-order valence-corrected chi connectivity index (χ4v) is 2.91. The predicted octanol–water partition coefficient (Wildman–Crippen LogP) is 2.67. The lowest BCUT2D eigenvalue weighted by atomic mass is 10.2. The van der Waals surface area contributed by atoms with Crippen LogP contribution in [0, 0.1) is 12.8 Å². The maximum atomic E-state index is 4.49. The second-order valence-corrected chi connectivity index (χ2v) is 5.68. The Labute approximate surface area is 91.1 Å². The van der Waals surface area contributed by atoms with E-state index in [2.05, 4.69) is 38.1 Å². The van der Waals surface area contributed by atoms with Gasteiger partial charge in [-0.25, -0.2) is 4.98 Å². The minimum Gasteiger partial charge on any atom is -0.347 e. The fourth-order valence-electron chi connectivity index (χ4n) is 1.57. The van der Waals surface area contributed by atoms with Gasteiger partial charge in [0.25, 0.3) is 0 Å². The van der Waals surface area contributed by atoms with Gasteiger partial charge in [0.05, 0.1) is 5.69 Å². The number of hydrogen-bond donors (Lipinski definition) is 0. The molecule has 72 valence electrons. The summed E-state index contributed by atoms with van der Waals surface area (Å²) in [4.78, 5) is 7.47. The minimum atomic E-state index is 0.622. The van der Waals surface area contributed by atoms with Crippen molar-refractivity contribution in [1.29, 1.82) is 0 Å². The minimum absolute atomic E-state index is 0.622. The highest BCUT2D eigenvalue weighted by atomic mass is 79.9. The van der Waals surface area contributed by atoms with E-state index in [0.717, 1.165) is 24.7 Å². The molecule has 2 rings (SSSR count). The molecule has 0 radical (unpaired) electrons. The van der Waals surface area contributed by atoms with Gasteiger partial charge in [-0.05, 0) is 12.8 Å². The smallest absolute Gasteiger partial charge is 0.185 e. The van der Waals surface area contributed by atoms with Crippen molar-refractivity contribution in [2.75, 3.05) is 18.0 Å². The molecular weight excluding hydrogens is 248 g/mol. The van der Waals surface area contributed by atoms with Crippen molar-refractivity contribution in [1.82, 2.24) is 4.98 Å². The van der Waals surface area contributed by atoms with Crippen molar-refractivity contribution < 1.29 is 0 Å². The topological polar surface area (TPSA) is 16.1 Å². The molecule has 0 aromatic carbocycles. The maximum absolute atomic E-state index is 4.49. The molecule has 0 amide bonds. The summed E-state index contributed by atoms with van der Waals surface area (Å²) in [6.07, 6.45) is 0. The van der Waals surface area contributed by atoms with Gasteiger partial charge in [0, 0.05) is 23.3 Å². The summed E-state index contributed by atoms with van der Waals surface area (Å²) in [6.45, 7) is 6.54. The van der Waals surface area contributed by atoms with Gasteiger partial charge in [0.1, 0.15) is 0 Å². The molecule has 0 aliphatic carbocycles. The highest BCUT2D eigenvalue weighted by Gasteiger charge is 2.28. The van der Waals surface area contributed by atoms with Crippen LogP contribution in [0.2, 0.25) is 0 Å². The van der Waals surface area contributed by atoms with Gasteiger partial charge in [-0.3, -0.25) is 0 Å². The van der Waals surface area contributed by atoms with Gasteiger partial charge in [-0.2, -0.15) is 0 Å². The molecule has 0 spiro atoms. The van der Waals surface area contributed by atoms with Crippen molar-refractivity contribution in [2.24, 2.45) is 5.92 Å². The standard InChI is InChI=1S/C9H13BrN2S/c1-6-3-12(4-8(6)10)9-11-7(2)5-13-9/h5-6,8H,3-4H2,1-2H3. The molecule has 1 fully saturated rings. The summed E-state index contributed by atoms with van der Waals surface area (Å²) < 4.78 is 0. The first-order chi connectivity index (χ1) is 6.16. The zero-order chi connectivity index (χ0) is 9.42. The van der Waals surface area contributed by atoms with Crippen LogP contribution in [0.4, 0.5) is 5.13 Å². The molecule has 1 aliphatic heterocycles. The second-order valence-electron chi connectivity index (χ2n) is 3.67. The highest BCUT2D eigenvalue weighted by Crippen LogP contribution is 2.29. The van der Waals surface area contributed by atoms with Crippen LogP contribution in [0.25, 0.3) is 0 Å². The van der Waals surface area contributed by atoms with Crippen molar-refractivity contribution in [3.63, 3.8) is 0 Å². The third-order valence-electron chi connectivity index (χ3n) is 2.40. The summed E-state index contributed by atoms with van der Waals surface area (Å²) in [5.41, 5.74) is 1.13. The molecular formula is C9H13BrN2S. The number of alkyl halides is 1. The molecule has 0 N–H and O–H groups in total. The lowest BCUT2D eigenvalue weighted by molar-refractivity contribution is 0.679. The van der Waals surface area contributed by atoms with Crippen molar-refractivity contribution >= 4 is 32.4 Å². The lowest BCUT2D eigenvalue weighted by Gasteiger charge is -2.13.